The van der Waals surface area contributed by atoms with Crippen molar-refractivity contribution in [2.24, 2.45) is 5.92 Å². The topological polar surface area (TPSA) is 71.0 Å². The third-order valence-electron chi connectivity index (χ3n) is 5.05. The van der Waals surface area contributed by atoms with E-state index in [1.807, 2.05) is 0 Å². The van der Waals surface area contributed by atoms with Gasteiger partial charge in [0.1, 0.15) is 5.82 Å². The highest BCUT2D eigenvalue weighted by Crippen LogP contribution is 2.20. The second-order valence-corrected chi connectivity index (χ2v) is 7.16. The Bertz CT molecular complexity index is 964. The number of hydrogen-bond acceptors (Lipinski definition) is 5. The van der Waals surface area contributed by atoms with Gasteiger partial charge in [0.2, 0.25) is 5.95 Å². The maximum Gasteiger partial charge on any atom is 0.252 e. The quantitative estimate of drug-likeness (QED) is 0.722. The highest BCUT2D eigenvalue weighted by atomic mass is 19.1. The van der Waals surface area contributed by atoms with Gasteiger partial charge in [0, 0.05) is 43.8 Å². The molecule has 7 heteroatoms. The first-order valence-corrected chi connectivity index (χ1v) is 9.71. The van der Waals surface area contributed by atoms with Crippen LogP contribution in [0.25, 0.3) is 11.3 Å². The van der Waals surface area contributed by atoms with Gasteiger partial charge in [-0.25, -0.2) is 14.4 Å². The summed E-state index contributed by atoms with van der Waals surface area (Å²) in [6, 6.07) is 11.5. The van der Waals surface area contributed by atoms with Gasteiger partial charge in [-0.15, -0.1) is 0 Å². The summed E-state index contributed by atoms with van der Waals surface area (Å²) in [7, 11) is 0. The Morgan fingerprint density at radius 2 is 2.00 bits per heavy atom. The SMILES string of the molecule is O=C(NCC1CCCN(c2ncccn2)C1)c1ccc(-c2cccc(F)c2)nc1. The van der Waals surface area contributed by atoms with Crippen LogP contribution in [0.15, 0.2) is 61.1 Å². The fourth-order valence-electron chi connectivity index (χ4n) is 3.55. The van der Waals surface area contributed by atoms with Crippen molar-refractivity contribution in [2.45, 2.75) is 12.8 Å². The highest BCUT2D eigenvalue weighted by molar-refractivity contribution is 5.94. The van der Waals surface area contributed by atoms with Crippen LogP contribution < -0.4 is 10.2 Å². The molecule has 0 spiro atoms. The third kappa shape index (κ3) is 4.74. The summed E-state index contributed by atoms with van der Waals surface area (Å²) < 4.78 is 13.4. The van der Waals surface area contributed by atoms with Gasteiger partial charge in [-0.3, -0.25) is 9.78 Å². The van der Waals surface area contributed by atoms with E-state index in [1.165, 1.54) is 18.3 Å². The van der Waals surface area contributed by atoms with Crippen molar-refractivity contribution in [3.8, 4) is 11.3 Å². The van der Waals surface area contributed by atoms with E-state index < -0.39 is 0 Å². The molecule has 29 heavy (non-hydrogen) atoms. The molecular formula is C22H22FN5O. The smallest absolute Gasteiger partial charge is 0.252 e. The number of carbonyl (C=O) groups excluding carboxylic acids is 1. The summed E-state index contributed by atoms with van der Waals surface area (Å²) in [6.45, 7) is 2.34. The van der Waals surface area contributed by atoms with Crippen molar-refractivity contribution >= 4 is 11.9 Å². The molecule has 1 aromatic carbocycles. The number of anilines is 1. The minimum absolute atomic E-state index is 0.156. The van der Waals surface area contributed by atoms with E-state index >= 15 is 0 Å². The van der Waals surface area contributed by atoms with E-state index in [4.69, 9.17) is 0 Å². The summed E-state index contributed by atoms with van der Waals surface area (Å²) >= 11 is 0. The second kappa shape index (κ2) is 8.77. The average Bonchev–Trinajstić information content (AvgIpc) is 2.78. The summed E-state index contributed by atoms with van der Waals surface area (Å²) in [5, 5.41) is 3.00. The second-order valence-electron chi connectivity index (χ2n) is 7.16. The highest BCUT2D eigenvalue weighted by Gasteiger charge is 2.22. The Morgan fingerprint density at radius 1 is 1.14 bits per heavy atom. The zero-order valence-corrected chi connectivity index (χ0v) is 16.0. The molecular weight excluding hydrogens is 369 g/mol. The summed E-state index contributed by atoms with van der Waals surface area (Å²) in [5.41, 5.74) is 1.80. The number of amides is 1. The first-order chi connectivity index (χ1) is 14.2. The molecule has 1 aliphatic heterocycles. The van der Waals surface area contributed by atoms with E-state index in [9.17, 15) is 9.18 Å². The molecule has 3 aromatic rings. The molecule has 1 unspecified atom stereocenters. The molecule has 1 amide bonds. The minimum Gasteiger partial charge on any atom is -0.352 e. The first-order valence-electron chi connectivity index (χ1n) is 9.71. The largest absolute Gasteiger partial charge is 0.352 e. The van der Waals surface area contributed by atoms with Crippen LogP contribution in [0.2, 0.25) is 0 Å². The van der Waals surface area contributed by atoms with Crippen LogP contribution in [0.5, 0.6) is 0 Å². The normalized spacial score (nSPS) is 16.4. The number of nitrogens with zero attached hydrogens (tertiary/aromatic N) is 4. The van der Waals surface area contributed by atoms with Crippen molar-refractivity contribution < 1.29 is 9.18 Å². The van der Waals surface area contributed by atoms with E-state index in [-0.39, 0.29) is 11.7 Å². The van der Waals surface area contributed by atoms with Gasteiger partial charge in [0.05, 0.1) is 11.3 Å². The van der Waals surface area contributed by atoms with Crippen LogP contribution in [-0.4, -0.2) is 40.5 Å². The number of aromatic nitrogens is 3. The standard InChI is InChI=1S/C22H22FN5O/c23-19-6-1-5-17(12-19)20-8-7-18(14-26-20)21(29)27-13-16-4-2-11-28(15-16)22-24-9-3-10-25-22/h1,3,5-10,12,14,16H,2,4,11,13,15H2,(H,27,29). The summed E-state index contributed by atoms with van der Waals surface area (Å²) in [6.07, 6.45) is 7.12. The minimum atomic E-state index is -0.312. The third-order valence-corrected chi connectivity index (χ3v) is 5.05. The number of piperidine rings is 1. The molecule has 0 aliphatic carbocycles. The summed E-state index contributed by atoms with van der Waals surface area (Å²) in [5.74, 6) is 0.613. The number of rotatable bonds is 5. The summed E-state index contributed by atoms with van der Waals surface area (Å²) in [4.78, 5) is 27.6. The Kier molecular flexibility index (Phi) is 5.74. The van der Waals surface area contributed by atoms with Gasteiger partial charge in [-0.2, -0.15) is 0 Å². The lowest BCUT2D eigenvalue weighted by molar-refractivity contribution is 0.0945. The first kappa shape index (κ1) is 19.0. The van der Waals surface area contributed by atoms with Crippen LogP contribution in [0.4, 0.5) is 10.3 Å². The molecule has 0 saturated carbocycles. The zero-order chi connectivity index (χ0) is 20.1. The lowest BCUT2D eigenvalue weighted by Gasteiger charge is -2.32. The molecule has 4 rings (SSSR count). The van der Waals surface area contributed by atoms with Gasteiger partial charge in [0.25, 0.3) is 5.91 Å². The Hall–Kier alpha value is -3.35. The van der Waals surface area contributed by atoms with E-state index in [2.05, 4.69) is 25.2 Å². The van der Waals surface area contributed by atoms with Crippen LogP contribution in [0, 0.1) is 11.7 Å². The monoisotopic (exact) mass is 391 g/mol. The molecule has 1 atom stereocenters. The molecule has 1 fully saturated rings. The fourth-order valence-corrected chi connectivity index (χ4v) is 3.55. The number of pyridine rings is 1. The number of benzene rings is 1. The van der Waals surface area contributed by atoms with Gasteiger partial charge >= 0.3 is 0 Å². The Labute approximate surface area is 168 Å². The molecule has 2 aromatic heterocycles. The van der Waals surface area contributed by atoms with E-state index in [0.29, 0.717) is 29.3 Å². The fraction of sp³-hybridized carbons (Fsp3) is 0.273. The number of hydrogen-bond donors (Lipinski definition) is 1. The van der Waals surface area contributed by atoms with Crippen LogP contribution in [0.1, 0.15) is 23.2 Å². The van der Waals surface area contributed by atoms with Crippen LogP contribution >= 0.6 is 0 Å². The molecule has 0 bridgehead atoms. The molecule has 1 aliphatic rings. The van der Waals surface area contributed by atoms with Crippen molar-refractivity contribution in [1.29, 1.82) is 0 Å². The van der Waals surface area contributed by atoms with E-state index in [1.54, 1.807) is 42.7 Å². The predicted molar refractivity (Wildman–Crippen MR) is 109 cm³/mol. The Balaban J connectivity index is 1.33. The van der Waals surface area contributed by atoms with Crippen molar-refractivity contribution in [2.75, 3.05) is 24.5 Å². The molecule has 1 saturated heterocycles. The zero-order valence-electron chi connectivity index (χ0n) is 16.0. The number of halogens is 1. The molecule has 6 nitrogen and oxygen atoms in total. The van der Waals surface area contributed by atoms with Gasteiger partial charge < -0.3 is 10.2 Å². The maximum atomic E-state index is 13.4. The molecule has 3 heterocycles. The lowest BCUT2D eigenvalue weighted by Crippen LogP contribution is -2.41. The molecule has 1 N–H and O–H groups in total. The number of carbonyl (C=O) groups is 1. The average molecular weight is 391 g/mol. The van der Waals surface area contributed by atoms with Crippen molar-refractivity contribution in [3.05, 3.63) is 72.4 Å². The van der Waals surface area contributed by atoms with Crippen molar-refractivity contribution in [3.63, 3.8) is 0 Å². The van der Waals surface area contributed by atoms with Crippen LogP contribution in [-0.2, 0) is 0 Å². The van der Waals surface area contributed by atoms with Gasteiger partial charge in [-0.05, 0) is 49.1 Å². The van der Waals surface area contributed by atoms with Crippen LogP contribution in [0.3, 0.4) is 0 Å². The van der Waals surface area contributed by atoms with E-state index in [0.717, 1.165) is 31.9 Å². The maximum absolute atomic E-state index is 13.4. The lowest BCUT2D eigenvalue weighted by atomic mass is 9.98. The predicted octanol–water partition coefficient (Wildman–Crippen LogP) is 3.32. The number of nitrogens with one attached hydrogen (secondary N) is 1. The molecule has 0 radical (unpaired) electrons. The van der Waals surface area contributed by atoms with Gasteiger partial charge in [0.15, 0.2) is 0 Å². The molecule has 148 valence electrons. The van der Waals surface area contributed by atoms with Crippen molar-refractivity contribution in [1.82, 2.24) is 20.3 Å². The van der Waals surface area contributed by atoms with Gasteiger partial charge in [-0.1, -0.05) is 12.1 Å². The Morgan fingerprint density at radius 3 is 2.76 bits per heavy atom.